The van der Waals surface area contributed by atoms with Crippen molar-refractivity contribution in [3.63, 3.8) is 0 Å². The fraction of sp³-hybridized carbons (Fsp3) is 0.158. The minimum absolute atomic E-state index is 0.224. The van der Waals surface area contributed by atoms with Crippen LogP contribution in [0.2, 0.25) is 0 Å². The molecule has 2 aromatic carbocycles. The molecule has 1 aromatic heterocycles. The molecule has 0 bridgehead atoms. The second-order valence-electron chi connectivity index (χ2n) is 5.51. The number of methoxy groups -OCH3 is 1. The van der Waals surface area contributed by atoms with Crippen molar-refractivity contribution in [1.29, 1.82) is 0 Å². The molecule has 0 saturated heterocycles. The SMILES string of the molecule is COc1ccccc1C(=O)Nc1ccnn1Cc1ccc(C)cc1. The molecule has 1 N–H and O–H groups in total. The van der Waals surface area contributed by atoms with Crippen molar-refractivity contribution in [2.45, 2.75) is 13.5 Å². The summed E-state index contributed by atoms with van der Waals surface area (Å²) in [5.74, 6) is 0.962. The van der Waals surface area contributed by atoms with Crippen molar-refractivity contribution in [2.75, 3.05) is 12.4 Å². The smallest absolute Gasteiger partial charge is 0.260 e. The first-order valence-electron chi connectivity index (χ1n) is 7.69. The van der Waals surface area contributed by atoms with Gasteiger partial charge in [0.05, 0.1) is 25.4 Å². The van der Waals surface area contributed by atoms with Crippen LogP contribution >= 0.6 is 0 Å². The summed E-state index contributed by atoms with van der Waals surface area (Å²) in [4.78, 5) is 12.5. The van der Waals surface area contributed by atoms with E-state index in [4.69, 9.17) is 4.74 Å². The molecule has 3 rings (SSSR count). The Morgan fingerprint density at radius 1 is 1.12 bits per heavy atom. The third kappa shape index (κ3) is 3.46. The van der Waals surface area contributed by atoms with Crippen LogP contribution in [0.1, 0.15) is 21.5 Å². The van der Waals surface area contributed by atoms with Gasteiger partial charge in [-0.3, -0.25) is 4.79 Å². The lowest BCUT2D eigenvalue weighted by Gasteiger charge is -2.11. The summed E-state index contributed by atoms with van der Waals surface area (Å²) in [7, 11) is 1.55. The lowest BCUT2D eigenvalue weighted by molar-refractivity contribution is 0.102. The van der Waals surface area contributed by atoms with Gasteiger partial charge >= 0.3 is 0 Å². The molecule has 0 radical (unpaired) electrons. The van der Waals surface area contributed by atoms with Crippen molar-refractivity contribution in [1.82, 2.24) is 9.78 Å². The van der Waals surface area contributed by atoms with Gasteiger partial charge in [0, 0.05) is 6.07 Å². The van der Waals surface area contributed by atoms with Gasteiger partial charge in [0.25, 0.3) is 5.91 Å². The molecular weight excluding hydrogens is 302 g/mol. The zero-order chi connectivity index (χ0) is 16.9. The molecule has 1 amide bonds. The summed E-state index contributed by atoms with van der Waals surface area (Å²) >= 11 is 0. The van der Waals surface area contributed by atoms with Crippen molar-refractivity contribution < 1.29 is 9.53 Å². The molecule has 1 heterocycles. The first-order chi connectivity index (χ1) is 11.7. The number of hydrogen-bond donors (Lipinski definition) is 1. The van der Waals surface area contributed by atoms with Crippen LogP contribution < -0.4 is 10.1 Å². The molecule has 3 aromatic rings. The molecule has 0 fully saturated rings. The first kappa shape index (κ1) is 15.8. The fourth-order valence-corrected chi connectivity index (χ4v) is 2.45. The van der Waals surface area contributed by atoms with E-state index in [1.165, 1.54) is 5.56 Å². The van der Waals surface area contributed by atoms with Gasteiger partial charge in [-0.05, 0) is 24.6 Å². The van der Waals surface area contributed by atoms with Crippen LogP contribution in [0.15, 0.2) is 60.8 Å². The van der Waals surface area contributed by atoms with Crippen molar-refractivity contribution in [3.05, 3.63) is 77.5 Å². The van der Waals surface area contributed by atoms with E-state index < -0.39 is 0 Å². The summed E-state index contributed by atoms with van der Waals surface area (Å²) in [6, 6.07) is 17.1. The average Bonchev–Trinajstić information content (AvgIpc) is 3.03. The average molecular weight is 321 g/mol. The molecular formula is C19H19N3O2. The zero-order valence-corrected chi connectivity index (χ0v) is 13.7. The predicted octanol–water partition coefficient (Wildman–Crippen LogP) is 3.50. The maximum atomic E-state index is 12.5. The number of nitrogens with zero attached hydrogens (tertiary/aromatic N) is 2. The van der Waals surface area contributed by atoms with Crippen LogP contribution in [0, 0.1) is 6.92 Å². The van der Waals surface area contributed by atoms with E-state index >= 15 is 0 Å². The molecule has 0 aliphatic rings. The molecule has 24 heavy (non-hydrogen) atoms. The highest BCUT2D eigenvalue weighted by Gasteiger charge is 2.13. The fourth-order valence-electron chi connectivity index (χ4n) is 2.45. The second kappa shape index (κ2) is 7.00. The highest BCUT2D eigenvalue weighted by molar-refractivity contribution is 6.05. The number of ether oxygens (including phenoxy) is 1. The van der Waals surface area contributed by atoms with Crippen LogP contribution in [-0.4, -0.2) is 22.8 Å². The number of carbonyl (C=O) groups is 1. The normalized spacial score (nSPS) is 10.4. The highest BCUT2D eigenvalue weighted by Crippen LogP contribution is 2.19. The number of aryl methyl sites for hydroxylation is 1. The number of hydrogen-bond acceptors (Lipinski definition) is 3. The lowest BCUT2D eigenvalue weighted by Crippen LogP contribution is -2.17. The van der Waals surface area contributed by atoms with Crippen molar-refractivity contribution in [2.24, 2.45) is 0 Å². The Hall–Kier alpha value is -3.08. The van der Waals surface area contributed by atoms with Gasteiger partial charge in [-0.15, -0.1) is 0 Å². The standard InChI is InChI=1S/C19H19N3O2/c1-14-7-9-15(10-8-14)13-22-18(11-12-20-22)21-19(23)16-5-3-4-6-17(16)24-2/h3-12H,13H2,1-2H3,(H,21,23). The van der Waals surface area contributed by atoms with E-state index in [0.29, 0.717) is 23.7 Å². The van der Waals surface area contributed by atoms with Gasteiger partial charge in [0.15, 0.2) is 0 Å². The number of nitrogens with one attached hydrogen (secondary N) is 1. The number of anilines is 1. The topological polar surface area (TPSA) is 56.1 Å². The van der Waals surface area contributed by atoms with E-state index in [9.17, 15) is 4.79 Å². The Bertz CT molecular complexity index is 838. The van der Waals surface area contributed by atoms with Crippen molar-refractivity contribution in [3.8, 4) is 5.75 Å². The number of rotatable bonds is 5. The largest absolute Gasteiger partial charge is 0.496 e. The lowest BCUT2D eigenvalue weighted by atomic mass is 10.1. The Morgan fingerprint density at radius 2 is 1.88 bits per heavy atom. The number of amides is 1. The summed E-state index contributed by atoms with van der Waals surface area (Å²) < 4.78 is 7.00. The van der Waals surface area contributed by atoms with E-state index in [-0.39, 0.29) is 5.91 Å². The highest BCUT2D eigenvalue weighted by atomic mass is 16.5. The van der Waals surface area contributed by atoms with Gasteiger partial charge in [0.2, 0.25) is 0 Å². The Kier molecular flexibility index (Phi) is 4.61. The van der Waals surface area contributed by atoms with Crippen LogP contribution in [0.5, 0.6) is 5.75 Å². The van der Waals surface area contributed by atoms with Gasteiger partial charge in [-0.1, -0.05) is 42.0 Å². The predicted molar refractivity (Wildman–Crippen MR) is 93.5 cm³/mol. The van der Waals surface area contributed by atoms with Gasteiger partial charge in [-0.25, -0.2) is 4.68 Å². The second-order valence-corrected chi connectivity index (χ2v) is 5.51. The maximum absolute atomic E-state index is 12.5. The number of benzene rings is 2. The third-order valence-corrected chi connectivity index (χ3v) is 3.76. The van der Waals surface area contributed by atoms with Gasteiger partial charge < -0.3 is 10.1 Å². The molecule has 5 nitrogen and oxygen atoms in total. The number of para-hydroxylation sites is 1. The Balaban J connectivity index is 1.78. The molecule has 0 spiro atoms. The monoisotopic (exact) mass is 321 g/mol. The Labute approximate surface area is 140 Å². The molecule has 122 valence electrons. The molecule has 0 atom stereocenters. The Morgan fingerprint density at radius 3 is 2.62 bits per heavy atom. The van der Waals surface area contributed by atoms with Gasteiger partial charge in [0.1, 0.15) is 11.6 Å². The maximum Gasteiger partial charge on any atom is 0.260 e. The zero-order valence-electron chi connectivity index (χ0n) is 13.7. The number of aromatic nitrogens is 2. The quantitative estimate of drug-likeness (QED) is 0.782. The molecule has 0 aliphatic carbocycles. The summed E-state index contributed by atoms with van der Waals surface area (Å²) in [6.45, 7) is 2.64. The van der Waals surface area contributed by atoms with Crippen LogP contribution in [0.4, 0.5) is 5.82 Å². The van der Waals surface area contributed by atoms with Crippen LogP contribution in [-0.2, 0) is 6.54 Å². The molecule has 0 aliphatic heterocycles. The molecule has 5 heteroatoms. The first-order valence-corrected chi connectivity index (χ1v) is 7.69. The summed E-state index contributed by atoms with van der Waals surface area (Å²) in [5.41, 5.74) is 2.82. The van der Waals surface area contributed by atoms with Gasteiger partial charge in [-0.2, -0.15) is 5.10 Å². The van der Waals surface area contributed by atoms with E-state index in [0.717, 1.165) is 5.56 Å². The molecule has 0 unspecified atom stereocenters. The minimum atomic E-state index is -0.224. The number of carbonyl (C=O) groups excluding carboxylic acids is 1. The van der Waals surface area contributed by atoms with E-state index in [1.807, 2.05) is 6.07 Å². The third-order valence-electron chi connectivity index (χ3n) is 3.76. The van der Waals surface area contributed by atoms with Crippen LogP contribution in [0.3, 0.4) is 0 Å². The molecule has 0 saturated carbocycles. The summed E-state index contributed by atoms with van der Waals surface area (Å²) in [5, 5.41) is 7.19. The summed E-state index contributed by atoms with van der Waals surface area (Å²) in [6.07, 6.45) is 1.67. The van der Waals surface area contributed by atoms with Crippen molar-refractivity contribution >= 4 is 11.7 Å². The van der Waals surface area contributed by atoms with E-state index in [2.05, 4.69) is 41.6 Å². The van der Waals surface area contributed by atoms with Crippen LogP contribution in [0.25, 0.3) is 0 Å². The van der Waals surface area contributed by atoms with E-state index in [1.54, 1.807) is 42.3 Å². The minimum Gasteiger partial charge on any atom is -0.496 e.